The summed E-state index contributed by atoms with van der Waals surface area (Å²) in [6.07, 6.45) is 2.24. The molecule has 8 heteroatoms. The Kier molecular flexibility index (Phi) is 6.55. The van der Waals surface area contributed by atoms with Gasteiger partial charge in [0.25, 0.3) is 0 Å². The molecular weight excluding hydrogens is 418 g/mol. The average molecular weight is 444 g/mol. The van der Waals surface area contributed by atoms with Crippen molar-refractivity contribution in [3.05, 3.63) is 45.6 Å². The fourth-order valence-electron chi connectivity index (χ4n) is 3.62. The van der Waals surface area contributed by atoms with E-state index in [9.17, 15) is 4.79 Å². The van der Waals surface area contributed by atoms with E-state index in [1.54, 1.807) is 18.4 Å². The Bertz CT molecular complexity index is 1020. The Labute approximate surface area is 184 Å². The van der Waals surface area contributed by atoms with E-state index in [4.69, 9.17) is 9.47 Å². The van der Waals surface area contributed by atoms with Gasteiger partial charge in [0.15, 0.2) is 16.8 Å². The van der Waals surface area contributed by atoms with E-state index in [2.05, 4.69) is 14.8 Å². The molecule has 2 aromatic heterocycles. The largest absolute Gasteiger partial charge is 0.497 e. The van der Waals surface area contributed by atoms with Crippen molar-refractivity contribution in [2.75, 3.05) is 19.5 Å². The second kappa shape index (κ2) is 9.32. The van der Waals surface area contributed by atoms with Gasteiger partial charge in [-0.15, -0.1) is 21.5 Å². The number of carbonyl (C=O) groups is 1. The minimum Gasteiger partial charge on any atom is -0.497 e. The van der Waals surface area contributed by atoms with Gasteiger partial charge in [0, 0.05) is 27.5 Å². The lowest BCUT2D eigenvalue weighted by Crippen LogP contribution is -2.17. The molecule has 0 spiro atoms. The standard InChI is InChI=1S/C22H25N3O3S2/c1-14-11-19(15(2)30-14)20(26)13-29-22-24-23-21(16-6-8-17(27-3)9-7-16)25(22)12-18-5-4-10-28-18/h6-9,11,18H,4-5,10,12-13H2,1-3H3. The molecule has 1 atom stereocenters. The van der Waals surface area contributed by atoms with Gasteiger partial charge in [-0.25, -0.2) is 0 Å². The molecule has 1 unspecified atom stereocenters. The van der Waals surface area contributed by atoms with Gasteiger partial charge in [-0.1, -0.05) is 11.8 Å². The molecule has 3 heterocycles. The third kappa shape index (κ3) is 4.61. The van der Waals surface area contributed by atoms with Gasteiger partial charge in [0.1, 0.15) is 5.75 Å². The highest BCUT2D eigenvalue weighted by Crippen LogP contribution is 2.29. The SMILES string of the molecule is COc1ccc(-c2nnc(SCC(=O)c3cc(C)sc3C)n2CC2CCCO2)cc1. The van der Waals surface area contributed by atoms with Gasteiger partial charge in [0.2, 0.25) is 0 Å². The van der Waals surface area contributed by atoms with Crippen LogP contribution in [0.15, 0.2) is 35.5 Å². The number of Topliss-reactive ketones (excluding diaryl/α,β-unsaturated/α-hetero) is 1. The molecule has 3 aromatic rings. The molecule has 158 valence electrons. The third-order valence-corrected chi connectivity index (χ3v) is 7.08. The Morgan fingerprint density at radius 3 is 2.73 bits per heavy atom. The van der Waals surface area contributed by atoms with E-state index in [0.717, 1.165) is 57.1 Å². The second-order valence-electron chi connectivity index (χ2n) is 7.32. The van der Waals surface area contributed by atoms with Crippen molar-refractivity contribution in [1.82, 2.24) is 14.8 Å². The quantitative estimate of drug-likeness (QED) is 0.368. The highest BCUT2D eigenvalue weighted by Gasteiger charge is 2.23. The summed E-state index contributed by atoms with van der Waals surface area (Å²) < 4.78 is 13.2. The molecule has 1 saturated heterocycles. The van der Waals surface area contributed by atoms with Crippen LogP contribution in [0.5, 0.6) is 5.75 Å². The molecule has 0 saturated carbocycles. The van der Waals surface area contributed by atoms with Crippen molar-refractivity contribution in [3.8, 4) is 17.1 Å². The predicted octanol–water partition coefficient (Wildman–Crippen LogP) is 4.79. The van der Waals surface area contributed by atoms with E-state index in [0.29, 0.717) is 12.3 Å². The molecule has 30 heavy (non-hydrogen) atoms. The van der Waals surface area contributed by atoms with Crippen molar-refractivity contribution >= 4 is 28.9 Å². The fourth-order valence-corrected chi connectivity index (χ4v) is 5.39. The predicted molar refractivity (Wildman–Crippen MR) is 120 cm³/mol. The van der Waals surface area contributed by atoms with Crippen LogP contribution in [0, 0.1) is 13.8 Å². The third-order valence-electron chi connectivity index (χ3n) is 5.15. The number of hydrogen-bond acceptors (Lipinski definition) is 7. The number of methoxy groups -OCH3 is 1. The fraction of sp³-hybridized carbons (Fsp3) is 0.409. The first-order chi connectivity index (χ1) is 14.5. The summed E-state index contributed by atoms with van der Waals surface area (Å²) in [6.45, 7) is 5.50. The number of rotatable bonds is 8. The van der Waals surface area contributed by atoms with Crippen LogP contribution in [0.25, 0.3) is 11.4 Å². The molecule has 0 radical (unpaired) electrons. The number of nitrogens with zero attached hydrogens (tertiary/aromatic N) is 3. The van der Waals surface area contributed by atoms with Crippen molar-refractivity contribution in [1.29, 1.82) is 0 Å². The molecule has 1 aromatic carbocycles. The van der Waals surface area contributed by atoms with E-state index < -0.39 is 0 Å². The van der Waals surface area contributed by atoms with Crippen LogP contribution in [0.2, 0.25) is 0 Å². The maximum Gasteiger partial charge on any atom is 0.192 e. The number of thioether (sulfide) groups is 1. The van der Waals surface area contributed by atoms with Crippen LogP contribution in [0.3, 0.4) is 0 Å². The van der Waals surface area contributed by atoms with Gasteiger partial charge in [-0.05, 0) is 57.0 Å². The zero-order chi connectivity index (χ0) is 21.1. The molecule has 4 rings (SSSR count). The number of ether oxygens (including phenoxy) is 2. The Morgan fingerprint density at radius 2 is 2.10 bits per heavy atom. The summed E-state index contributed by atoms with van der Waals surface area (Å²) >= 11 is 3.10. The second-order valence-corrected chi connectivity index (χ2v) is 9.72. The first-order valence-corrected chi connectivity index (χ1v) is 11.8. The number of aryl methyl sites for hydroxylation is 2. The van der Waals surface area contributed by atoms with E-state index in [-0.39, 0.29) is 11.9 Å². The Morgan fingerprint density at radius 1 is 1.30 bits per heavy atom. The summed E-state index contributed by atoms with van der Waals surface area (Å²) in [5.74, 6) is 2.04. The lowest BCUT2D eigenvalue weighted by Gasteiger charge is -2.14. The topological polar surface area (TPSA) is 66.2 Å². The van der Waals surface area contributed by atoms with Gasteiger partial charge >= 0.3 is 0 Å². The van der Waals surface area contributed by atoms with Gasteiger partial charge in [0.05, 0.1) is 25.5 Å². The lowest BCUT2D eigenvalue weighted by molar-refractivity contribution is 0.0953. The molecule has 1 fully saturated rings. The highest BCUT2D eigenvalue weighted by molar-refractivity contribution is 7.99. The van der Waals surface area contributed by atoms with Crippen LogP contribution in [-0.2, 0) is 11.3 Å². The number of carbonyl (C=O) groups excluding carboxylic acids is 1. The summed E-state index contributed by atoms with van der Waals surface area (Å²) in [5.41, 5.74) is 1.77. The Hall–Kier alpha value is -2.16. The van der Waals surface area contributed by atoms with Crippen molar-refractivity contribution in [2.24, 2.45) is 0 Å². The number of ketones is 1. The minimum atomic E-state index is 0.125. The van der Waals surface area contributed by atoms with Crippen LogP contribution in [0.1, 0.15) is 33.0 Å². The average Bonchev–Trinajstić information content (AvgIpc) is 3.47. The number of benzene rings is 1. The molecule has 6 nitrogen and oxygen atoms in total. The maximum atomic E-state index is 12.7. The van der Waals surface area contributed by atoms with E-state index in [1.165, 1.54) is 11.8 Å². The van der Waals surface area contributed by atoms with Gasteiger partial charge in [-0.2, -0.15) is 0 Å². The number of aromatic nitrogens is 3. The monoisotopic (exact) mass is 443 g/mol. The van der Waals surface area contributed by atoms with Crippen molar-refractivity contribution in [2.45, 2.75) is 44.5 Å². The zero-order valence-electron chi connectivity index (χ0n) is 17.4. The summed E-state index contributed by atoms with van der Waals surface area (Å²) in [4.78, 5) is 15.0. The molecule has 1 aliphatic heterocycles. The van der Waals surface area contributed by atoms with E-state index in [1.807, 2.05) is 44.2 Å². The molecule has 0 N–H and O–H groups in total. The molecule has 0 amide bonds. The van der Waals surface area contributed by atoms with Gasteiger partial charge in [-0.3, -0.25) is 9.36 Å². The summed E-state index contributed by atoms with van der Waals surface area (Å²) in [6, 6.07) is 9.76. The van der Waals surface area contributed by atoms with Crippen LogP contribution in [-0.4, -0.2) is 46.1 Å². The Balaban J connectivity index is 1.57. The molecule has 0 aliphatic carbocycles. The zero-order valence-corrected chi connectivity index (χ0v) is 19.0. The number of thiophene rings is 1. The molecule has 1 aliphatic rings. The number of hydrogen-bond donors (Lipinski definition) is 0. The smallest absolute Gasteiger partial charge is 0.192 e. The summed E-state index contributed by atoms with van der Waals surface area (Å²) in [5, 5.41) is 9.60. The van der Waals surface area contributed by atoms with Gasteiger partial charge < -0.3 is 9.47 Å². The first-order valence-electron chi connectivity index (χ1n) is 9.97. The highest BCUT2D eigenvalue weighted by atomic mass is 32.2. The first kappa shape index (κ1) is 21.1. The molecular formula is C22H25N3O3S2. The van der Waals surface area contributed by atoms with Crippen LogP contribution >= 0.6 is 23.1 Å². The van der Waals surface area contributed by atoms with Crippen molar-refractivity contribution in [3.63, 3.8) is 0 Å². The van der Waals surface area contributed by atoms with Crippen LogP contribution < -0.4 is 4.74 Å². The maximum absolute atomic E-state index is 12.7. The van der Waals surface area contributed by atoms with Crippen molar-refractivity contribution < 1.29 is 14.3 Å². The van der Waals surface area contributed by atoms with E-state index >= 15 is 0 Å². The lowest BCUT2D eigenvalue weighted by atomic mass is 10.2. The summed E-state index contributed by atoms with van der Waals surface area (Å²) in [7, 11) is 1.65. The normalized spacial score (nSPS) is 16.2. The minimum absolute atomic E-state index is 0.125. The molecule has 0 bridgehead atoms. The van der Waals surface area contributed by atoms with Crippen LogP contribution in [0.4, 0.5) is 0 Å².